The Hall–Kier alpha value is -3.27. The minimum absolute atomic E-state index is 0.0384. The average Bonchev–Trinajstić information content (AvgIpc) is 3.28. The molecule has 9 nitrogen and oxygen atoms in total. The van der Waals surface area contributed by atoms with Crippen molar-refractivity contribution < 1.29 is 24.0 Å². The molecule has 1 aromatic heterocycles. The number of carbonyl (C=O) groups is 3. The molecule has 0 radical (unpaired) electrons. The van der Waals surface area contributed by atoms with Crippen LogP contribution < -0.4 is 5.32 Å². The van der Waals surface area contributed by atoms with Crippen LogP contribution in [0.3, 0.4) is 0 Å². The Balaban J connectivity index is 1.46. The van der Waals surface area contributed by atoms with Gasteiger partial charge in [0.25, 0.3) is 17.5 Å². The van der Waals surface area contributed by atoms with E-state index in [0.29, 0.717) is 42.1 Å². The predicted molar refractivity (Wildman–Crippen MR) is 110 cm³/mol. The summed E-state index contributed by atoms with van der Waals surface area (Å²) in [5.41, 5.74) is 0.518. The second-order valence-electron chi connectivity index (χ2n) is 6.91. The number of hydrogen-bond donors (Lipinski definition) is 1. The van der Waals surface area contributed by atoms with Gasteiger partial charge >= 0.3 is 5.97 Å². The second kappa shape index (κ2) is 9.49. The fraction of sp³-hybridized carbons (Fsp3) is 0.350. The first kappa shape index (κ1) is 21.4. The van der Waals surface area contributed by atoms with Crippen LogP contribution in [-0.2, 0) is 14.3 Å². The molecule has 1 N–H and O–H groups in total. The maximum absolute atomic E-state index is 12.3. The van der Waals surface area contributed by atoms with E-state index in [1.807, 2.05) is 11.4 Å². The summed E-state index contributed by atoms with van der Waals surface area (Å²) in [6.07, 6.45) is 0.948. The summed E-state index contributed by atoms with van der Waals surface area (Å²) < 4.78 is 5.11. The van der Waals surface area contributed by atoms with E-state index < -0.39 is 23.4 Å². The highest BCUT2D eigenvalue weighted by Gasteiger charge is 2.29. The van der Waals surface area contributed by atoms with E-state index in [-0.39, 0.29) is 17.5 Å². The van der Waals surface area contributed by atoms with Crippen molar-refractivity contribution >= 4 is 40.5 Å². The lowest BCUT2D eigenvalue weighted by molar-refractivity contribution is -0.385. The Morgan fingerprint density at radius 2 is 1.97 bits per heavy atom. The molecule has 3 rings (SSSR count). The lowest BCUT2D eigenvalue weighted by atomic mass is 9.97. The van der Waals surface area contributed by atoms with Crippen LogP contribution in [0.5, 0.6) is 0 Å². The van der Waals surface area contributed by atoms with Crippen molar-refractivity contribution in [2.24, 2.45) is 5.92 Å². The zero-order valence-corrected chi connectivity index (χ0v) is 17.1. The van der Waals surface area contributed by atoms with Crippen LogP contribution in [-0.4, -0.2) is 47.3 Å². The Labute approximate surface area is 176 Å². The van der Waals surface area contributed by atoms with E-state index in [0.717, 1.165) is 0 Å². The van der Waals surface area contributed by atoms with Crippen molar-refractivity contribution in [1.29, 1.82) is 0 Å². The molecule has 2 aromatic rings. The van der Waals surface area contributed by atoms with E-state index in [1.54, 1.807) is 17.0 Å². The fourth-order valence-electron chi connectivity index (χ4n) is 3.27. The maximum atomic E-state index is 12.3. The normalized spacial score (nSPS) is 14.2. The van der Waals surface area contributed by atoms with Gasteiger partial charge in [-0.05, 0) is 37.3 Å². The number of likely N-dealkylation sites (tertiary alicyclic amines) is 1. The summed E-state index contributed by atoms with van der Waals surface area (Å²) in [7, 11) is 0. The number of nitro benzene ring substituents is 1. The summed E-state index contributed by atoms with van der Waals surface area (Å²) >= 11 is 1.38. The van der Waals surface area contributed by atoms with E-state index in [4.69, 9.17) is 4.74 Å². The molecule has 2 heterocycles. The Morgan fingerprint density at radius 3 is 2.60 bits per heavy atom. The summed E-state index contributed by atoms with van der Waals surface area (Å²) in [5.74, 6) is -1.46. The van der Waals surface area contributed by atoms with Crippen LogP contribution in [0.15, 0.2) is 35.7 Å². The zero-order valence-electron chi connectivity index (χ0n) is 16.3. The van der Waals surface area contributed by atoms with Gasteiger partial charge in [0.1, 0.15) is 0 Å². The molecule has 30 heavy (non-hydrogen) atoms. The van der Waals surface area contributed by atoms with Gasteiger partial charge in [-0.1, -0.05) is 12.1 Å². The smallest absolute Gasteiger partial charge is 0.309 e. The molecule has 0 unspecified atom stereocenters. The minimum Gasteiger partial charge on any atom is -0.455 e. The van der Waals surface area contributed by atoms with Gasteiger partial charge in [-0.25, -0.2) is 0 Å². The number of piperidine rings is 1. The molecule has 0 saturated carbocycles. The Bertz CT molecular complexity index is 951. The van der Waals surface area contributed by atoms with Gasteiger partial charge in [-0.2, -0.15) is 0 Å². The van der Waals surface area contributed by atoms with Crippen LogP contribution in [0.25, 0.3) is 0 Å². The number of nitrogens with zero attached hydrogens (tertiary/aromatic N) is 2. The molecular weight excluding hydrogens is 410 g/mol. The highest BCUT2D eigenvalue weighted by atomic mass is 32.1. The summed E-state index contributed by atoms with van der Waals surface area (Å²) in [4.78, 5) is 49.6. The SMILES string of the molecule is Cc1c(NC(=O)COC(=O)C2CCN(C(=O)c3cccs3)CC2)cccc1[N+](=O)[O-]. The first-order valence-electron chi connectivity index (χ1n) is 9.40. The van der Waals surface area contributed by atoms with Crippen molar-refractivity contribution in [3.05, 3.63) is 56.3 Å². The van der Waals surface area contributed by atoms with E-state index >= 15 is 0 Å². The fourth-order valence-corrected chi connectivity index (χ4v) is 3.96. The predicted octanol–water partition coefficient (Wildman–Crippen LogP) is 3.00. The molecular formula is C20H21N3O6S. The molecule has 10 heteroatoms. The molecule has 1 aromatic carbocycles. The largest absolute Gasteiger partial charge is 0.455 e. The van der Waals surface area contributed by atoms with Crippen molar-refractivity contribution in [2.75, 3.05) is 25.0 Å². The lowest BCUT2D eigenvalue weighted by Gasteiger charge is -2.30. The van der Waals surface area contributed by atoms with Crippen molar-refractivity contribution in [3.63, 3.8) is 0 Å². The monoisotopic (exact) mass is 431 g/mol. The van der Waals surface area contributed by atoms with Gasteiger partial charge in [0.05, 0.1) is 27.0 Å². The maximum Gasteiger partial charge on any atom is 0.309 e. The number of anilines is 1. The molecule has 1 aliphatic heterocycles. The van der Waals surface area contributed by atoms with Gasteiger partial charge in [0.15, 0.2) is 6.61 Å². The number of benzene rings is 1. The molecule has 1 aliphatic rings. The Kier molecular flexibility index (Phi) is 6.78. The van der Waals surface area contributed by atoms with Crippen LogP contribution in [0.4, 0.5) is 11.4 Å². The van der Waals surface area contributed by atoms with Gasteiger partial charge in [0.2, 0.25) is 0 Å². The second-order valence-corrected chi connectivity index (χ2v) is 7.85. The molecule has 0 aliphatic carbocycles. The van der Waals surface area contributed by atoms with E-state index in [2.05, 4.69) is 5.32 Å². The van der Waals surface area contributed by atoms with E-state index in [1.165, 1.54) is 30.4 Å². The first-order chi connectivity index (χ1) is 14.4. The number of ether oxygens (including phenoxy) is 1. The lowest BCUT2D eigenvalue weighted by Crippen LogP contribution is -2.40. The van der Waals surface area contributed by atoms with Gasteiger partial charge in [-0.15, -0.1) is 11.3 Å². The first-order valence-corrected chi connectivity index (χ1v) is 10.3. The third kappa shape index (κ3) is 5.01. The molecule has 158 valence electrons. The summed E-state index contributed by atoms with van der Waals surface area (Å²) in [5, 5.41) is 15.4. The number of carbonyl (C=O) groups excluding carboxylic acids is 3. The highest BCUT2D eigenvalue weighted by Crippen LogP contribution is 2.25. The van der Waals surface area contributed by atoms with Crippen LogP contribution in [0.1, 0.15) is 28.1 Å². The average molecular weight is 431 g/mol. The molecule has 0 atom stereocenters. The molecule has 2 amide bonds. The van der Waals surface area contributed by atoms with Crippen LogP contribution >= 0.6 is 11.3 Å². The summed E-state index contributed by atoms with van der Waals surface area (Å²) in [6.45, 7) is 1.96. The zero-order chi connectivity index (χ0) is 21.7. The highest BCUT2D eigenvalue weighted by molar-refractivity contribution is 7.12. The van der Waals surface area contributed by atoms with Crippen molar-refractivity contribution in [3.8, 4) is 0 Å². The number of esters is 1. The van der Waals surface area contributed by atoms with Gasteiger partial charge in [-0.3, -0.25) is 24.5 Å². The molecule has 0 spiro atoms. The Morgan fingerprint density at radius 1 is 1.23 bits per heavy atom. The van der Waals surface area contributed by atoms with Crippen LogP contribution in [0, 0.1) is 23.0 Å². The number of thiophene rings is 1. The number of amides is 2. The standard InChI is InChI=1S/C20H21N3O6S/c1-13-15(4-2-5-16(13)23(27)28)21-18(24)12-29-20(26)14-7-9-22(10-8-14)19(25)17-6-3-11-30-17/h2-6,11,14H,7-10,12H2,1H3,(H,21,24). The molecule has 0 bridgehead atoms. The minimum atomic E-state index is -0.572. The number of rotatable bonds is 6. The molecule has 1 fully saturated rings. The number of nitrogens with one attached hydrogen (secondary N) is 1. The number of hydrogen-bond acceptors (Lipinski definition) is 7. The number of nitro groups is 1. The quantitative estimate of drug-likeness (QED) is 0.427. The topological polar surface area (TPSA) is 119 Å². The van der Waals surface area contributed by atoms with Crippen molar-refractivity contribution in [2.45, 2.75) is 19.8 Å². The third-order valence-electron chi connectivity index (χ3n) is 4.97. The molecule has 1 saturated heterocycles. The van der Waals surface area contributed by atoms with Crippen LogP contribution in [0.2, 0.25) is 0 Å². The van der Waals surface area contributed by atoms with Gasteiger partial charge < -0.3 is 15.0 Å². The van der Waals surface area contributed by atoms with Gasteiger partial charge in [0, 0.05) is 19.2 Å². The summed E-state index contributed by atoms with van der Waals surface area (Å²) in [6, 6.07) is 7.96. The van der Waals surface area contributed by atoms with Crippen molar-refractivity contribution in [1.82, 2.24) is 4.90 Å². The van der Waals surface area contributed by atoms with E-state index in [9.17, 15) is 24.5 Å². The third-order valence-corrected chi connectivity index (χ3v) is 5.83.